The number of pyridine rings is 1. The van der Waals surface area contributed by atoms with E-state index in [1.807, 2.05) is 6.07 Å². The van der Waals surface area contributed by atoms with Crippen molar-refractivity contribution in [3.8, 4) is 0 Å². The fraction of sp³-hybridized carbons (Fsp3) is 0.615. The van der Waals surface area contributed by atoms with E-state index >= 15 is 0 Å². The van der Waals surface area contributed by atoms with Gasteiger partial charge < -0.3 is 4.90 Å². The summed E-state index contributed by atoms with van der Waals surface area (Å²) in [7, 11) is 0. The molecule has 1 aliphatic heterocycles. The maximum Gasteiger partial charge on any atom is 0.131 e. The van der Waals surface area contributed by atoms with Crippen LogP contribution in [-0.2, 0) is 0 Å². The average molecular weight is 239 g/mol. The van der Waals surface area contributed by atoms with E-state index in [0.29, 0.717) is 11.2 Å². The van der Waals surface area contributed by atoms with Crippen LogP contribution in [0.5, 0.6) is 0 Å². The Kier molecular flexibility index (Phi) is 4.05. The van der Waals surface area contributed by atoms with Crippen LogP contribution < -0.4 is 4.90 Å². The van der Waals surface area contributed by atoms with Gasteiger partial charge in [0.25, 0.3) is 0 Å². The van der Waals surface area contributed by atoms with Gasteiger partial charge in [0.15, 0.2) is 0 Å². The third-order valence-electron chi connectivity index (χ3n) is 3.29. The zero-order chi connectivity index (χ0) is 11.4. The zero-order valence-corrected chi connectivity index (χ0v) is 10.6. The van der Waals surface area contributed by atoms with Gasteiger partial charge in [-0.2, -0.15) is 0 Å². The lowest BCUT2D eigenvalue weighted by Gasteiger charge is -2.37. The van der Waals surface area contributed by atoms with Gasteiger partial charge in [0.1, 0.15) is 5.15 Å². The molecule has 0 aliphatic carbocycles. The minimum Gasteiger partial charge on any atom is -0.368 e. The average Bonchev–Trinajstić information content (AvgIpc) is 2.30. The van der Waals surface area contributed by atoms with Crippen molar-refractivity contribution in [3.63, 3.8) is 0 Å². The Morgan fingerprint density at radius 1 is 1.50 bits per heavy atom. The smallest absolute Gasteiger partial charge is 0.131 e. The Labute approximate surface area is 103 Å². The summed E-state index contributed by atoms with van der Waals surface area (Å²) >= 11 is 5.95. The summed E-state index contributed by atoms with van der Waals surface area (Å²) in [5.74, 6) is 0. The van der Waals surface area contributed by atoms with Crippen molar-refractivity contribution in [1.29, 1.82) is 0 Å². The monoisotopic (exact) mass is 238 g/mol. The molecule has 0 amide bonds. The second kappa shape index (κ2) is 5.53. The van der Waals surface area contributed by atoms with Crippen LogP contribution in [0.3, 0.4) is 0 Å². The minimum atomic E-state index is 0.596. The second-order valence-corrected chi connectivity index (χ2v) is 4.86. The topological polar surface area (TPSA) is 16.1 Å². The molecule has 1 fully saturated rings. The zero-order valence-electron chi connectivity index (χ0n) is 9.82. The molecule has 0 spiro atoms. The molecule has 0 saturated carbocycles. The third-order valence-corrected chi connectivity index (χ3v) is 3.50. The van der Waals surface area contributed by atoms with Crippen LogP contribution in [0.2, 0.25) is 5.15 Å². The molecule has 2 nitrogen and oxygen atoms in total. The molecule has 88 valence electrons. The van der Waals surface area contributed by atoms with E-state index in [0.717, 1.165) is 6.54 Å². The van der Waals surface area contributed by atoms with E-state index in [-0.39, 0.29) is 0 Å². The van der Waals surface area contributed by atoms with Crippen LogP contribution in [0.1, 0.15) is 39.0 Å². The van der Waals surface area contributed by atoms with Crippen molar-refractivity contribution in [2.45, 2.75) is 45.1 Å². The van der Waals surface area contributed by atoms with Crippen molar-refractivity contribution >= 4 is 17.3 Å². The van der Waals surface area contributed by atoms with Gasteiger partial charge in [-0.05, 0) is 37.8 Å². The van der Waals surface area contributed by atoms with Gasteiger partial charge in [-0.3, -0.25) is 0 Å². The molecule has 0 N–H and O–H groups in total. The maximum absolute atomic E-state index is 5.95. The highest BCUT2D eigenvalue weighted by molar-refractivity contribution is 6.29. The molecule has 1 saturated heterocycles. The molecule has 0 bridgehead atoms. The van der Waals surface area contributed by atoms with Crippen LogP contribution in [0.15, 0.2) is 18.3 Å². The Morgan fingerprint density at radius 2 is 2.38 bits per heavy atom. The standard InChI is InChI=1S/C13H19ClN2/c1-2-5-11-6-3-4-9-16(11)12-7-8-15-13(14)10-12/h7-8,10-11H,2-6,9H2,1H3. The van der Waals surface area contributed by atoms with Gasteiger partial charge in [-0.25, -0.2) is 4.98 Å². The summed E-state index contributed by atoms with van der Waals surface area (Å²) in [5.41, 5.74) is 1.23. The molecule has 0 radical (unpaired) electrons. The number of hydrogen-bond acceptors (Lipinski definition) is 2. The van der Waals surface area contributed by atoms with Crippen LogP contribution in [0, 0.1) is 0 Å². The Bertz CT molecular complexity index is 338. The number of rotatable bonds is 3. The number of halogens is 1. The van der Waals surface area contributed by atoms with Gasteiger partial charge in [0.2, 0.25) is 0 Å². The van der Waals surface area contributed by atoms with E-state index in [2.05, 4.69) is 22.9 Å². The van der Waals surface area contributed by atoms with Gasteiger partial charge >= 0.3 is 0 Å². The molecule has 2 heterocycles. The predicted molar refractivity (Wildman–Crippen MR) is 69.1 cm³/mol. The molecule has 1 atom stereocenters. The highest BCUT2D eigenvalue weighted by Crippen LogP contribution is 2.28. The van der Waals surface area contributed by atoms with Gasteiger partial charge in [0, 0.05) is 24.5 Å². The molecular weight excluding hydrogens is 220 g/mol. The van der Waals surface area contributed by atoms with Crippen molar-refractivity contribution in [2.75, 3.05) is 11.4 Å². The first kappa shape index (κ1) is 11.7. The normalized spacial score (nSPS) is 21.1. The predicted octanol–water partition coefficient (Wildman–Crippen LogP) is 3.89. The molecule has 2 rings (SSSR count). The first-order chi connectivity index (χ1) is 7.81. The van der Waals surface area contributed by atoms with Crippen molar-refractivity contribution in [1.82, 2.24) is 4.98 Å². The highest BCUT2D eigenvalue weighted by atomic mass is 35.5. The molecule has 1 aromatic heterocycles. The Balaban J connectivity index is 2.16. The molecule has 1 aliphatic rings. The van der Waals surface area contributed by atoms with Crippen LogP contribution in [0.25, 0.3) is 0 Å². The van der Waals surface area contributed by atoms with E-state index < -0.39 is 0 Å². The fourth-order valence-corrected chi connectivity index (χ4v) is 2.71. The summed E-state index contributed by atoms with van der Waals surface area (Å²) in [6, 6.07) is 4.74. The molecule has 1 aromatic rings. The van der Waals surface area contributed by atoms with E-state index in [4.69, 9.17) is 11.6 Å². The fourth-order valence-electron chi connectivity index (χ4n) is 2.54. The van der Waals surface area contributed by atoms with Gasteiger partial charge in [-0.1, -0.05) is 24.9 Å². The summed E-state index contributed by atoms with van der Waals surface area (Å²) in [6.07, 6.45) is 8.29. The maximum atomic E-state index is 5.95. The molecular formula is C13H19ClN2. The van der Waals surface area contributed by atoms with Crippen molar-refractivity contribution in [2.24, 2.45) is 0 Å². The Hall–Kier alpha value is -0.760. The molecule has 16 heavy (non-hydrogen) atoms. The largest absolute Gasteiger partial charge is 0.368 e. The first-order valence-electron chi connectivity index (χ1n) is 6.19. The third kappa shape index (κ3) is 2.67. The van der Waals surface area contributed by atoms with Crippen LogP contribution in [-0.4, -0.2) is 17.6 Å². The van der Waals surface area contributed by atoms with Crippen molar-refractivity contribution in [3.05, 3.63) is 23.5 Å². The van der Waals surface area contributed by atoms with Crippen molar-refractivity contribution < 1.29 is 0 Å². The molecule has 0 aromatic carbocycles. The number of anilines is 1. The number of hydrogen-bond donors (Lipinski definition) is 0. The van der Waals surface area contributed by atoms with Gasteiger partial charge in [-0.15, -0.1) is 0 Å². The summed E-state index contributed by atoms with van der Waals surface area (Å²) in [4.78, 5) is 6.55. The number of piperidine rings is 1. The van der Waals surface area contributed by atoms with E-state index in [1.54, 1.807) is 6.20 Å². The summed E-state index contributed by atoms with van der Waals surface area (Å²) in [6.45, 7) is 3.41. The SMILES string of the molecule is CCCC1CCCCN1c1ccnc(Cl)c1. The minimum absolute atomic E-state index is 0.596. The quantitative estimate of drug-likeness (QED) is 0.743. The van der Waals surface area contributed by atoms with E-state index in [9.17, 15) is 0 Å². The summed E-state index contributed by atoms with van der Waals surface area (Å²) in [5, 5.41) is 0.596. The lowest BCUT2D eigenvalue weighted by Crippen LogP contribution is -2.39. The van der Waals surface area contributed by atoms with Crippen LogP contribution >= 0.6 is 11.6 Å². The van der Waals surface area contributed by atoms with Crippen LogP contribution in [0.4, 0.5) is 5.69 Å². The lowest BCUT2D eigenvalue weighted by molar-refractivity contribution is 0.434. The van der Waals surface area contributed by atoms with E-state index in [1.165, 1.54) is 37.8 Å². The lowest BCUT2D eigenvalue weighted by atomic mass is 9.97. The highest BCUT2D eigenvalue weighted by Gasteiger charge is 2.21. The first-order valence-corrected chi connectivity index (χ1v) is 6.57. The Morgan fingerprint density at radius 3 is 3.12 bits per heavy atom. The number of nitrogens with zero attached hydrogens (tertiary/aromatic N) is 2. The van der Waals surface area contributed by atoms with Gasteiger partial charge in [0.05, 0.1) is 0 Å². The second-order valence-electron chi connectivity index (χ2n) is 4.47. The number of aromatic nitrogens is 1. The summed E-state index contributed by atoms with van der Waals surface area (Å²) < 4.78 is 0. The molecule has 1 unspecified atom stereocenters. The molecule has 3 heteroatoms.